The molecule has 6 heteroatoms. The number of nitrogens with zero attached hydrogens (tertiary/aromatic N) is 2. The molecule has 1 amide bonds. The second kappa shape index (κ2) is 6.80. The third-order valence-electron chi connectivity index (χ3n) is 2.46. The van der Waals surface area contributed by atoms with Gasteiger partial charge in [0.1, 0.15) is 5.01 Å². The normalized spacial score (nSPS) is 9.70. The molecule has 0 aliphatic heterocycles. The summed E-state index contributed by atoms with van der Waals surface area (Å²) in [5, 5.41) is 5.65. The zero-order valence-corrected chi connectivity index (χ0v) is 11.8. The Balaban J connectivity index is 2.09. The zero-order valence-electron chi connectivity index (χ0n) is 11.0. The first-order valence-corrected chi connectivity index (χ1v) is 6.91. The summed E-state index contributed by atoms with van der Waals surface area (Å²) in [5.74, 6) is 5.38. The van der Waals surface area contributed by atoms with Gasteiger partial charge in [0.25, 0.3) is 5.91 Å². The van der Waals surface area contributed by atoms with Crippen molar-refractivity contribution in [2.45, 2.75) is 13.5 Å². The van der Waals surface area contributed by atoms with E-state index in [-0.39, 0.29) is 12.5 Å². The molecule has 0 aliphatic rings. The van der Waals surface area contributed by atoms with Crippen molar-refractivity contribution in [2.75, 3.05) is 6.54 Å². The van der Waals surface area contributed by atoms with Gasteiger partial charge >= 0.3 is 0 Å². The summed E-state index contributed by atoms with van der Waals surface area (Å²) in [7, 11) is 0. The number of nitrogens with two attached hydrogens (primary N) is 1. The third-order valence-corrected chi connectivity index (χ3v) is 3.42. The van der Waals surface area contributed by atoms with E-state index in [0.717, 1.165) is 10.7 Å². The summed E-state index contributed by atoms with van der Waals surface area (Å²) in [6.07, 6.45) is 3.13. The minimum atomic E-state index is -0.193. The molecule has 20 heavy (non-hydrogen) atoms. The smallest absolute Gasteiger partial charge is 0.253 e. The van der Waals surface area contributed by atoms with Crippen LogP contribution < -0.4 is 11.1 Å². The number of carbonyl (C=O) groups excluding carboxylic acids is 1. The molecule has 0 aromatic carbocycles. The lowest BCUT2D eigenvalue weighted by atomic mass is 10.1. The lowest BCUT2D eigenvalue weighted by molar-refractivity contribution is 0.0950. The van der Waals surface area contributed by atoms with E-state index in [9.17, 15) is 4.79 Å². The molecule has 0 spiro atoms. The van der Waals surface area contributed by atoms with Crippen LogP contribution in [0.4, 0.5) is 0 Å². The summed E-state index contributed by atoms with van der Waals surface area (Å²) < 4.78 is 0. The van der Waals surface area contributed by atoms with E-state index < -0.39 is 0 Å². The summed E-state index contributed by atoms with van der Waals surface area (Å²) in [4.78, 5) is 20.4. The number of aryl methyl sites for hydroxylation is 1. The highest BCUT2D eigenvalue weighted by Crippen LogP contribution is 2.09. The van der Waals surface area contributed by atoms with Crippen molar-refractivity contribution >= 4 is 17.2 Å². The number of amides is 1. The number of rotatable bonds is 3. The monoisotopic (exact) mass is 286 g/mol. The minimum absolute atomic E-state index is 0.193. The summed E-state index contributed by atoms with van der Waals surface area (Å²) in [5.41, 5.74) is 7.36. The molecule has 2 aromatic rings. The van der Waals surface area contributed by atoms with Crippen LogP contribution in [-0.2, 0) is 6.54 Å². The number of hydrogen-bond acceptors (Lipinski definition) is 5. The number of thiazole rings is 1. The fourth-order valence-electron chi connectivity index (χ4n) is 1.57. The first-order valence-electron chi connectivity index (χ1n) is 6.03. The molecule has 0 atom stereocenters. The molecule has 102 valence electrons. The van der Waals surface area contributed by atoms with E-state index in [2.05, 4.69) is 27.1 Å². The van der Waals surface area contributed by atoms with Gasteiger partial charge in [0.15, 0.2) is 0 Å². The molecule has 2 aromatic heterocycles. The Kier molecular flexibility index (Phi) is 4.82. The van der Waals surface area contributed by atoms with Crippen molar-refractivity contribution < 1.29 is 4.79 Å². The lowest BCUT2D eigenvalue weighted by Crippen LogP contribution is -2.23. The lowest BCUT2D eigenvalue weighted by Gasteiger charge is -2.05. The van der Waals surface area contributed by atoms with E-state index in [1.807, 2.05) is 12.3 Å². The highest BCUT2D eigenvalue weighted by Gasteiger charge is 2.10. The maximum Gasteiger partial charge on any atom is 0.253 e. The van der Waals surface area contributed by atoms with Crippen molar-refractivity contribution in [3.05, 3.63) is 45.7 Å². The average Bonchev–Trinajstić information content (AvgIpc) is 2.88. The molecule has 0 saturated carbocycles. The van der Waals surface area contributed by atoms with Gasteiger partial charge in [-0.2, -0.15) is 0 Å². The van der Waals surface area contributed by atoms with Gasteiger partial charge < -0.3 is 11.1 Å². The van der Waals surface area contributed by atoms with Crippen LogP contribution in [0.3, 0.4) is 0 Å². The van der Waals surface area contributed by atoms with Crippen molar-refractivity contribution in [3.63, 3.8) is 0 Å². The van der Waals surface area contributed by atoms with Gasteiger partial charge in [0, 0.05) is 23.5 Å². The van der Waals surface area contributed by atoms with Crippen LogP contribution in [-0.4, -0.2) is 22.4 Å². The van der Waals surface area contributed by atoms with Gasteiger partial charge in [-0.1, -0.05) is 11.8 Å². The Bertz CT molecular complexity index is 669. The molecule has 2 rings (SSSR count). The standard InChI is InChI=1S/C14H14N4OS/c1-10-9-20-13(18-10)8-17-14(19)12-4-6-16-7-11(12)3-2-5-15/h4,6-7,9H,5,8,15H2,1H3,(H,17,19). The van der Waals surface area contributed by atoms with Gasteiger partial charge in [0.05, 0.1) is 24.2 Å². The average molecular weight is 286 g/mol. The van der Waals surface area contributed by atoms with Crippen LogP contribution >= 0.6 is 11.3 Å². The van der Waals surface area contributed by atoms with Crippen LogP contribution in [0.15, 0.2) is 23.8 Å². The van der Waals surface area contributed by atoms with Crippen LogP contribution in [0, 0.1) is 18.8 Å². The first kappa shape index (κ1) is 14.2. The van der Waals surface area contributed by atoms with Crippen molar-refractivity contribution in [1.29, 1.82) is 0 Å². The molecular weight excluding hydrogens is 272 g/mol. The molecule has 0 unspecified atom stereocenters. The van der Waals surface area contributed by atoms with Crippen LogP contribution in [0.2, 0.25) is 0 Å². The molecule has 0 fully saturated rings. The van der Waals surface area contributed by atoms with Gasteiger partial charge in [-0.05, 0) is 13.0 Å². The SMILES string of the molecule is Cc1csc(CNC(=O)c2ccncc2C#CCN)n1. The zero-order chi connectivity index (χ0) is 14.4. The Labute approximate surface area is 121 Å². The Hall–Kier alpha value is -2.23. The fraction of sp³-hybridized carbons (Fsp3) is 0.214. The largest absolute Gasteiger partial charge is 0.345 e. The highest BCUT2D eigenvalue weighted by molar-refractivity contribution is 7.09. The molecular formula is C14H14N4OS. The third kappa shape index (κ3) is 3.63. The molecule has 3 N–H and O–H groups in total. The Morgan fingerprint density at radius 3 is 3.10 bits per heavy atom. The number of carbonyl (C=O) groups is 1. The van der Waals surface area contributed by atoms with E-state index in [1.54, 1.807) is 18.5 Å². The van der Waals surface area contributed by atoms with Crippen molar-refractivity contribution in [3.8, 4) is 11.8 Å². The van der Waals surface area contributed by atoms with Crippen LogP contribution in [0.5, 0.6) is 0 Å². The molecule has 0 radical (unpaired) electrons. The quantitative estimate of drug-likeness (QED) is 0.828. The molecule has 2 heterocycles. The van der Waals surface area contributed by atoms with Crippen molar-refractivity contribution in [2.24, 2.45) is 5.73 Å². The van der Waals surface area contributed by atoms with Gasteiger partial charge in [-0.25, -0.2) is 4.98 Å². The fourth-order valence-corrected chi connectivity index (χ4v) is 2.28. The second-order valence-electron chi connectivity index (χ2n) is 3.99. The number of nitrogens with one attached hydrogen (secondary N) is 1. The second-order valence-corrected chi connectivity index (χ2v) is 4.94. The number of pyridine rings is 1. The van der Waals surface area contributed by atoms with Crippen LogP contribution in [0.25, 0.3) is 0 Å². The summed E-state index contributed by atoms with van der Waals surface area (Å²) >= 11 is 1.52. The van der Waals surface area contributed by atoms with Gasteiger partial charge in [0.2, 0.25) is 0 Å². The predicted molar refractivity (Wildman–Crippen MR) is 78.2 cm³/mol. The van der Waals surface area contributed by atoms with Gasteiger partial charge in [-0.15, -0.1) is 11.3 Å². The summed E-state index contributed by atoms with van der Waals surface area (Å²) in [6, 6.07) is 1.64. The topological polar surface area (TPSA) is 80.9 Å². The number of aromatic nitrogens is 2. The van der Waals surface area contributed by atoms with E-state index in [0.29, 0.717) is 17.7 Å². The maximum absolute atomic E-state index is 12.1. The predicted octanol–water partition coefficient (Wildman–Crippen LogP) is 1.09. The molecule has 0 aliphatic carbocycles. The Morgan fingerprint density at radius 2 is 2.40 bits per heavy atom. The molecule has 0 bridgehead atoms. The summed E-state index contributed by atoms with van der Waals surface area (Å²) in [6.45, 7) is 2.57. The maximum atomic E-state index is 12.1. The molecule has 5 nitrogen and oxygen atoms in total. The van der Waals surface area contributed by atoms with E-state index >= 15 is 0 Å². The van der Waals surface area contributed by atoms with Gasteiger partial charge in [-0.3, -0.25) is 9.78 Å². The van der Waals surface area contributed by atoms with Crippen molar-refractivity contribution in [1.82, 2.24) is 15.3 Å². The first-order chi connectivity index (χ1) is 9.70. The minimum Gasteiger partial charge on any atom is -0.345 e. The highest BCUT2D eigenvalue weighted by atomic mass is 32.1. The van der Waals surface area contributed by atoms with Crippen LogP contribution in [0.1, 0.15) is 26.6 Å². The van der Waals surface area contributed by atoms with E-state index in [4.69, 9.17) is 5.73 Å². The van der Waals surface area contributed by atoms with E-state index in [1.165, 1.54) is 11.3 Å². The molecule has 0 saturated heterocycles. The number of hydrogen-bond donors (Lipinski definition) is 2. The Morgan fingerprint density at radius 1 is 1.55 bits per heavy atom.